The van der Waals surface area contributed by atoms with E-state index in [1.165, 1.54) is 19.2 Å². The zero-order chi connectivity index (χ0) is 14.2. The van der Waals surface area contributed by atoms with Crippen molar-refractivity contribution in [2.45, 2.75) is 12.5 Å². The van der Waals surface area contributed by atoms with Crippen LogP contribution in [0, 0.1) is 0 Å². The summed E-state index contributed by atoms with van der Waals surface area (Å²) in [6.45, 7) is 0. The average Bonchev–Trinajstić information content (AvgIpc) is 2.59. The summed E-state index contributed by atoms with van der Waals surface area (Å²) in [6, 6.07) is 3.76. The maximum Gasteiger partial charge on any atom is 0.337 e. The topological polar surface area (TPSA) is 113 Å². The van der Waals surface area contributed by atoms with E-state index in [1.807, 2.05) is 0 Å². The number of amides is 2. The van der Waals surface area contributed by atoms with Crippen LogP contribution < -0.4 is 11.1 Å². The lowest BCUT2D eigenvalue weighted by molar-refractivity contribution is -0.136. The summed E-state index contributed by atoms with van der Waals surface area (Å²) in [5.74, 6) is -1.78. The van der Waals surface area contributed by atoms with Gasteiger partial charge in [0, 0.05) is 7.05 Å². The van der Waals surface area contributed by atoms with Gasteiger partial charge < -0.3 is 16.2 Å². The van der Waals surface area contributed by atoms with Crippen molar-refractivity contribution in [3.63, 3.8) is 0 Å². The van der Waals surface area contributed by atoms with E-state index in [0.717, 1.165) is 4.90 Å². The highest BCUT2D eigenvalue weighted by atomic mass is 16.4. The van der Waals surface area contributed by atoms with Gasteiger partial charge in [0.15, 0.2) is 0 Å². The Morgan fingerprint density at radius 2 is 2.16 bits per heavy atom. The molecule has 1 aromatic rings. The smallest absolute Gasteiger partial charge is 0.337 e. The molecule has 1 saturated heterocycles. The van der Waals surface area contributed by atoms with E-state index in [2.05, 4.69) is 5.32 Å². The minimum atomic E-state index is -1.15. The number of nitrogens with two attached hydrogens (primary N) is 1. The summed E-state index contributed by atoms with van der Waals surface area (Å²) in [5, 5.41) is 11.8. The van der Waals surface area contributed by atoms with Crippen LogP contribution in [0.1, 0.15) is 16.8 Å². The summed E-state index contributed by atoms with van der Waals surface area (Å²) in [6.07, 6.45) is 0.0338. The maximum atomic E-state index is 11.7. The van der Waals surface area contributed by atoms with Crippen LogP contribution in [0.15, 0.2) is 18.2 Å². The van der Waals surface area contributed by atoms with Crippen molar-refractivity contribution in [1.29, 1.82) is 0 Å². The number of rotatable bonds is 3. The van der Waals surface area contributed by atoms with Crippen LogP contribution in [0.3, 0.4) is 0 Å². The molecule has 2 rings (SSSR count). The summed E-state index contributed by atoms with van der Waals surface area (Å²) in [4.78, 5) is 35.1. The number of nitrogens with zero attached hydrogens (tertiary/aromatic N) is 1. The summed E-state index contributed by atoms with van der Waals surface area (Å²) in [5.41, 5.74) is 6.06. The Balaban J connectivity index is 2.26. The highest BCUT2D eigenvalue weighted by molar-refractivity contribution is 6.07. The van der Waals surface area contributed by atoms with Crippen molar-refractivity contribution in [2.75, 3.05) is 18.1 Å². The van der Waals surface area contributed by atoms with Crippen LogP contribution in [0.5, 0.6) is 0 Å². The van der Waals surface area contributed by atoms with Gasteiger partial charge in [-0.15, -0.1) is 0 Å². The maximum absolute atomic E-state index is 11.7. The lowest BCUT2D eigenvalue weighted by atomic mass is 10.1. The lowest BCUT2D eigenvalue weighted by Gasteiger charge is -2.15. The first-order valence-electron chi connectivity index (χ1n) is 5.60. The first-order valence-corrected chi connectivity index (χ1v) is 5.60. The number of para-hydroxylation sites is 1. The van der Waals surface area contributed by atoms with Gasteiger partial charge in [0.25, 0.3) is 5.91 Å². The Morgan fingerprint density at radius 1 is 1.47 bits per heavy atom. The number of carbonyl (C=O) groups excluding carboxylic acids is 2. The van der Waals surface area contributed by atoms with Crippen molar-refractivity contribution in [1.82, 2.24) is 4.90 Å². The predicted molar refractivity (Wildman–Crippen MR) is 67.6 cm³/mol. The van der Waals surface area contributed by atoms with Crippen LogP contribution in [0.2, 0.25) is 0 Å². The molecule has 1 atom stereocenters. The number of carboxylic acid groups (broad SMARTS) is 1. The van der Waals surface area contributed by atoms with E-state index >= 15 is 0 Å². The first kappa shape index (κ1) is 12.9. The van der Waals surface area contributed by atoms with Gasteiger partial charge in [-0.3, -0.25) is 14.5 Å². The minimum Gasteiger partial charge on any atom is -0.478 e. The predicted octanol–water partition coefficient (Wildman–Crippen LogP) is 0.136. The molecule has 7 heteroatoms. The van der Waals surface area contributed by atoms with Crippen LogP contribution in [0.4, 0.5) is 11.4 Å². The number of carboxylic acids is 1. The van der Waals surface area contributed by atoms with Crippen molar-refractivity contribution in [3.05, 3.63) is 23.8 Å². The molecule has 100 valence electrons. The van der Waals surface area contributed by atoms with E-state index in [0.29, 0.717) is 5.69 Å². The van der Waals surface area contributed by atoms with Gasteiger partial charge in [0.2, 0.25) is 5.91 Å². The number of anilines is 2. The molecular formula is C12H13N3O4. The zero-order valence-corrected chi connectivity index (χ0v) is 10.2. The molecule has 1 unspecified atom stereocenters. The first-order chi connectivity index (χ1) is 8.91. The number of hydrogen-bond acceptors (Lipinski definition) is 5. The highest BCUT2D eigenvalue weighted by Crippen LogP contribution is 2.25. The number of likely N-dealkylation sites (N-methyl/N-ethyl adjacent to an activating group) is 1. The molecule has 1 fully saturated rings. The fourth-order valence-electron chi connectivity index (χ4n) is 1.93. The third-order valence-electron chi connectivity index (χ3n) is 3.05. The van der Waals surface area contributed by atoms with E-state index in [1.54, 1.807) is 6.07 Å². The average molecular weight is 263 g/mol. The molecule has 2 amide bonds. The Hall–Kier alpha value is -2.57. The molecule has 0 aliphatic carbocycles. The number of nitrogens with one attached hydrogen (secondary N) is 1. The quantitative estimate of drug-likeness (QED) is 0.528. The number of likely N-dealkylation sites (tertiary alicyclic amines) is 1. The number of benzene rings is 1. The van der Waals surface area contributed by atoms with Crippen LogP contribution in [-0.2, 0) is 9.59 Å². The molecule has 0 aromatic heterocycles. The van der Waals surface area contributed by atoms with Gasteiger partial charge in [-0.05, 0) is 12.1 Å². The largest absolute Gasteiger partial charge is 0.478 e. The molecule has 0 bridgehead atoms. The number of nitrogen functional groups attached to an aromatic ring is 1. The number of carbonyl (C=O) groups is 3. The summed E-state index contributed by atoms with van der Waals surface area (Å²) < 4.78 is 0. The second kappa shape index (κ2) is 4.60. The molecule has 1 aromatic carbocycles. The Kier molecular flexibility index (Phi) is 3.12. The molecule has 1 heterocycles. The second-order valence-corrected chi connectivity index (χ2v) is 4.26. The molecule has 19 heavy (non-hydrogen) atoms. The van der Waals surface area contributed by atoms with E-state index in [9.17, 15) is 14.4 Å². The van der Waals surface area contributed by atoms with Gasteiger partial charge in [0.05, 0.1) is 23.4 Å². The van der Waals surface area contributed by atoms with E-state index < -0.39 is 12.0 Å². The van der Waals surface area contributed by atoms with Crippen molar-refractivity contribution in [3.8, 4) is 0 Å². The monoisotopic (exact) mass is 263 g/mol. The fourth-order valence-corrected chi connectivity index (χ4v) is 1.93. The van der Waals surface area contributed by atoms with E-state index in [-0.39, 0.29) is 29.5 Å². The molecule has 1 aliphatic rings. The second-order valence-electron chi connectivity index (χ2n) is 4.26. The Morgan fingerprint density at radius 3 is 2.68 bits per heavy atom. The normalized spacial score (nSPS) is 18.8. The Bertz CT molecular complexity index is 570. The van der Waals surface area contributed by atoms with Crippen LogP contribution in [-0.4, -0.2) is 40.9 Å². The number of aromatic carboxylic acids is 1. The molecule has 1 aliphatic heterocycles. The minimum absolute atomic E-state index is 0.0338. The lowest BCUT2D eigenvalue weighted by Crippen LogP contribution is -2.32. The third-order valence-corrected chi connectivity index (χ3v) is 3.05. The number of imide groups is 1. The van der Waals surface area contributed by atoms with Crippen molar-refractivity contribution < 1.29 is 19.5 Å². The standard InChI is InChI=1S/C12H13N3O4/c1-15-9(16)5-8(11(15)17)14-7-4-2-3-6(10(7)13)12(18)19/h2-4,8,14H,5,13H2,1H3,(H,18,19). The SMILES string of the molecule is CN1C(=O)CC(Nc2cccc(C(=O)O)c2N)C1=O. The third kappa shape index (κ3) is 2.22. The molecule has 7 nitrogen and oxygen atoms in total. The molecule has 4 N–H and O–H groups in total. The van der Waals surface area contributed by atoms with Gasteiger partial charge >= 0.3 is 5.97 Å². The van der Waals surface area contributed by atoms with E-state index in [4.69, 9.17) is 10.8 Å². The summed E-state index contributed by atoms with van der Waals surface area (Å²) >= 11 is 0. The highest BCUT2D eigenvalue weighted by Gasteiger charge is 2.36. The zero-order valence-electron chi connectivity index (χ0n) is 10.2. The van der Waals surface area contributed by atoms with Gasteiger partial charge in [-0.1, -0.05) is 6.07 Å². The van der Waals surface area contributed by atoms with Gasteiger partial charge in [-0.25, -0.2) is 4.79 Å². The van der Waals surface area contributed by atoms with Gasteiger partial charge in [-0.2, -0.15) is 0 Å². The molecule has 0 spiro atoms. The summed E-state index contributed by atoms with van der Waals surface area (Å²) in [7, 11) is 1.41. The molecule has 0 radical (unpaired) electrons. The fraction of sp³-hybridized carbons (Fsp3) is 0.250. The van der Waals surface area contributed by atoms with Crippen LogP contribution in [0.25, 0.3) is 0 Å². The molecule has 0 saturated carbocycles. The van der Waals surface area contributed by atoms with Crippen molar-refractivity contribution >= 4 is 29.2 Å². The number of hydrogen-bond donors (Lipinski definition) is 3. The molecular weight excluding hydrogens is 250 g/mol. The van der Waals surface area contributed by atoms with Gasteiger partial charge in [0.1, 0.15) is 6.04 Å². The van der Waals surface area contributed by atoms with Crippen molar-refractivity contribution in [2.24, 2.45) is 0 Å². The Labute approximate surface area is 109 Å². The van der Waals surface area contributed by atoms with Crippen LogP contribution >= 0.6 is 0 Å².